The van der Waals surface area contributed by atoms with E-state index in [1.54, 1.807) is 34.0 Å². The predicted octanol–water partition coefficient (Wildman–Crippen LogP) is 13.8. The second-order valence-electron chi connectivity index (χ2n) is 12.4. The van der Waals surface area contributed by atoms with E-state index in [-0.39, 0.29) is 4.88 Å². The van der Waals surface area contributed by atoms with Gasteiger partial charge < -0.3 is 14.2 Å². The van der Waals surface area contributed by atoms with Crippen LogP contribution in [0.2, 0.25) is 0 Å². The fraction of sp³-hybridized carbons (Fsp3) is 0.462. The molecular formula is C39H45FO4S4. The van der Waals surface area contributed by atoms with Gasteiger partial charge in [-0.3, -0.25) is 0 Å². The van der Waals surface area contributed by atoms with Gasteiger partial charge in [0.15, 0.2) is 5.82 Å². The third kappa shape index (κ3) is 7.11. The maximum atomic E-state index is 16.1. The van der Waals surface area contributed by atoms with Crippen LogP contribution in [0.5, 0.6) is 11.5 Å². The summed E-state index contributed by atoms with van der Waals surface area (Å²) in [4.78, 5) is 17.2. The van der Waals surface area contributed by atoms with E-state index >= 15 is 4.39 Å². The molecule has 0 bridgehead atoms. The van der Waals surface area contributed by atoms with Gasteiger partial charge in [0.05, 0.1) is 34.1 Å². The van der Waals surface area contributed by atoms with Gasteiger partial charge in [-0.15, -0.1) is 45.3 Å². The molecule has 4 nitrogen and oxygen atoms in total. The van der Waals surface area contributed by atoms with Crippen molar-refractivity contribution in [3.05, 3.63) is 44.7 Å². The van der Waals surface area contributed by atoms with Gasteiger partial charge in [-0.2, -0.15) is 0 Å². The molecule has 0 atom stereocenters. The highest BCUT2D eigenvalue weighted by molar-refractivity contribution is 7.30. The molecule has 2 aromatic carbocycles. The lowest BCUT2D eigenvalue weighted by atomic mass is 10.0. The van der Waals surface area contributed by atoms with Gasteiger partial charge in [-0.05, 0) is 63.8 Å². The van der Waals surface area contributed by atoms with Crippen LogP contribution in [0.1, 0.15) is 104 Å². The summed E-state index contributed by atoms with van der Waals surface area (Å²) in [5.74, 6) is 0.756. The Morgan fingerprint density at radius 3 is 2.08 bits per heavy atom. The smallest absolute Gasteiger partial charge is 0.351 e. The normalized spacial score (nSPS) is 11.9. The summed E-state index contributed by atoms with van der Waals surface area (Å²) >= 11 is 6.17. The zero-order valence-corrected chi connectivity index (χ0v) is 31.9. The lowest BCUT2D eigenvalue weighted by molar-refractivity contribution is 0.0499. The van der Waals surface area contributed by atoms with E-state index in [0.717, 1.165) is 81.0 Å². The van der Waals surface area contributed by atoms with Crippen molar-refractivity contribution in [3.63, 3.8) is 0 Å². The Balaban J connectivity index is 1.23. The number of ether oxygens (including phenoxy) is 3. The first-order valence-electron chi connectivity index (χ1n) is 17.4. The maximum Gasteiger partial charge on any atom is 0.351 e. The molecule has 0 spiro atoms. The van der Waals surface area contributed by atoms with Crippen LogP contribution < -0.4 is 9.47 Å². The third-order valence-electron chi connectivity index (χ3n) is 8.82. The van der Waals surface area contributed by atoms with Crippen LogP contribution >= 0.6 is 45.3 Å². The Morgan fingerprint density at radius 1 is 0.708 bits per heavy atom. The van der Waals surface area contributed by atoms with Crippen LogP contribution in [0.4, 0.5) is 4.39 Å². The molecule has 0 aliphatic heterocycles. The molecule has 0 saturated heterocycles. The van der Waals surface area contributed by atoms with Crippen LogP contribution in [0, 0.1) is 19.7 Å². The number of unbranched alkanes of at least 4 members (excludes halogenated alkanes) is 9. The topological polar surface area (TPSA) is 44.8 Å². The van der Waals surface area contributed by atoms with E-state index in [1.807, 2.05) is 20.8 Å². The first-order chi connectivity index (χ1) is 23.4. The molecule has 6 aromatic rings. The van der Waals surface area contributed by atoms with Gasteiger partial charge in [0, 0.05) is 40.9 Å². The highest BCUT2D eigenvalue weighted by Crippen LogP contribution is 2.51. The van der Waals surface area contributed by atoms with Crippen LogP contribution in [-0.2, 0) is 4.74 Å². The SMILES string of the molecule is CCCCCCCCCCCCOC(=O)c1sc2c(C)sc(-c3cc4cc5c(OCC)c6sc(C)cc6c(OCC)c5cc4s3)c2c1F. The lowest BCUT2D eigenvalue weighted by Crippen LogP contribution is -2.06. The Hall–Kier alpha value is -2.72. The van der Waals surface area contributed by atoms with Crippen molar-refractivity contribution in [3.8, 4) is 21.3 Å². The summed E-state index contributed by atoms with van der Waals surface area (Å²) < 4.78 is 37.2. The van der Waals surface area contributed by atoms with Crippen molar-refractivity contribution in [2.75, 3.05) is 19.8 Å². The number of benzene rings is 2. The molecule has 0 aliphatic carbocycles. The molecule has 48 heavy (non-hydrogen) atoms. The van der Waals surface area contributed by atoms with Crippen molar-refractivity contribution < 1.29 is 23.4 Å². The molecule has 4 heterocycles. The molecule has 0 N–H and O–H groups in total. The Labute approximate surface area is 298 Å². The van der Waals surface area contributed by atoms with E-state index in [4.69, 9.17) is 14.2 Å². The van der Waals surface area contributed by atoms with E-state index in [1.165, 1.54) is 61.2 Å². The maximum absolute atomic E-state index is 16.1. The van der Waals surface area contributed by atoms with Gasteiger partial charge in [-0.25, -0.2) is 9.18 Å². The standard InChI is InChI=1S/C39H45FO4S4/c1-6-9-10-11-12-13-14-15-16-17-18-44-39(41)38-32(40)31-35(48-38)24(5)46-37(31)30-21-25-20-26-27(22-29(25)47-30)33(42-7-2)28-19-23(4)45-36(28)34(26)43-8-3/h19-22H,6-18H2,1-5H3. The van der Waals surface area contributed by atoms with Crippen LogP contribution in [0.3, 0.4) is 0 Å². The summed E-state index contributed by atoms with van der Waals surface area (Å²) in [5, 5.41) is 4.73. The highest BCUT2D eigenvalue weighted by Gasteiger charge is 2.27. The van der Waals surface area contributed by atoms with Gasteiger partial charge in [-0.1, -0.05) is 64.7 Å². The van der Waals surface area contributed by atoms with E-state index in [0.29, 0.717) is 25.2 Å². The molecule has 9 heteroatoms. The molecule has 0 saturated carbocycles. The number of carbonyl (C=O) groups is 1. The molecule has 256 valence electrons. The second-order valence-corrected chi connectivity index (χ2v) is 17.0. The zero-order chi connectivity index (χ0) is 33.8. The molecule has 0 aliphatic rings. The fourth-order valence-corrected chi connectivity index (χ4v) is 11.1. The Morgan fingerprint density at radius 2 is 1.38 bits per heavy atom. The largest absolute Gasteiger partial charge is 0.493 e. The van der Waals surface area contributed by atoms with E-state index < -0.39 is 11.8 Å². The number of hydrogen-bond acceptors (Lipinski definition) is 8. The molecule has 0 radical (unpaired) electrons. The van der Waals surface area contributed by atoms with Crippen molar-refractivity contribution in [1.82, 2.24) is 0 Å². The highest BCUT2D eigenvalue weighted by atomic mass is 32.1. The van der Waals surface area contributed by atoms with Gasteiger partial charge in [0.2, 0.25) is 0 Å². The molecular weight excluding hydrogens is 680 g/mol. The zero-order valence-electron chi connectivity index (χ0n) is 28.6. The van der Waals surface area contributed by atoms with Crippen LogP contribution in [0.25, 0.3) is 50.8 Å². The number of hydrogen-bond donors (Lipinski definition) is 0. The molecule has 4 aromatic heterocycles. The molecule has 0 fully saturated rings. The van der Waals surface area contributed by atoms with E-state index in [9.17, 15) is 4.79 Å². The second kappa shape index (κ2) is 15.9. The minimum atomic E-state index is -0.551. The number of rotatable bonds is 17. The van der Waals surface area contributed by atoms with Crippen molar-refractivity contribution >= 4 is 92.3 Å². The van der Waals surface area contributed by atoms with E-state index in [2.05, 4.69) is 38.1 Å². The Kier molecular flexibility index (Phi) is 11.6. The minimum absolute atomic E-state index is 0.0779. The number of carbonyl (C=O) groups excluding carboxylic acids is 1. The first-order valence-corrected chi connectivity index (χ1v) is 20.7. The minimum Gasteiger partial charge on any atom is -0.493 e. The third-order valence-corrected chi connectivity index (χ3v) is 13.6. The van der Waals surface area contributed by atoms with Gasteiger partial charge in [0.1, 0.15) is 16.4 Å². The average molecular weight is 725 g/mol. The predicted molar refractivity (Wildman–Crippen MR) is 207 cm³/mol. The molecule has 0 amide bonds. The van der Waals surface area contributed by atoms with Crippen LogP contribution in [-0.4, -0.2) is 25.8 Å². The number of fused-ring (bicyclic) bond motifs is 4. The summed E-state index contributed by atoms with van der Waals surface area (Å²) in [6.45, 7) is 11.8. The average Bonchev–Trinajstić information content (AvgIpc) is 3.83. The van der Waals surface area contributed by atoms with Crippen molar-refractivity contribution in [1.29, 1.82) is 0 Å². The van der Waals surface area contributed by atoms with Gasteiger partial charge in [0.25, 0.3) is 0 Å². The van der Waals surface area contributed by atoms with Crippen molar-refractivity contribution in [2.24, 2.45) is 0 Å². The monoisotopic (exact) mass is 724 g/mol. The van der Waals surface area contributed by atoms with Crippen molar-refractivity contribution in [2.45, 2.75) is 98.8 Å². The Bertz CT molecular complexity index is 1970. The lowest BCUT2D eigenvalue weighted by Gasteiger charge is -2.14. The first kappa shape index (κ1) is 35.1. The quantitative estimate of drug-likeness (QED) is 0.0694. The summed E-state index contributed by atoms with van der Waals surface area (Å²) in [7, 11) is 0. The number of thiophene rings is 4. The molecule has 6 rings (SSSR count). The summed E-state index contributed by atoms with van der Waals surface area (Å²) in [6, 6.07) is 8.70. The molecule has 0 unspecified atom stereocenters. The number of aryl methyl sites for hydroxylation is 2. The number of halogens is 1. The number of esters is 1. The summed E-state index contributed by atoms with van der Waals surface area (Å²) in [5.41, 5.74) is 0. The fourth-order valence-electron chi connectivity index (χ4n) is 6.52. The van der Waals surface area contributed by atoms with Gasteiger partial charge >= 0.3 is 5.97 Å². The van der Waals surface area contributed by atoms with Crippen LogP contribution in [0.15, 0.2) is 24.3 Å². The summed E-state index contributed by atoms with van der Waals surface area (Å²) in [6.07, 6.45) is 12.1.